The summed E-state index contributed by atoms with van der Waals surface area (Å²) in [7, 11) is 1.65. The van der Waals surface area contributed by atoms with Gasteiger partial charge in [-0.25, -0.2) is 0 Å². The van der Waals surface area contributed by atoms with Crippen LogP contribution in [-0.2, 0) is 6.54 Å². The van der Waals surface area contributed by atoms with Gasteiger partial charge < -0.3 is 14.6 Å². The molecule has 2 aromatic rings. The second-order valence-corrected chi connectivity index (χ2v) is 3.66. The lowest BCUT2D eigenvalue weighted by Crippen LogP contribution is -2.11. The standard InChI is InChI=1S/C13H16N2O2/c1-3-14-9-10-8-13(17-15-10)11-6-4-5-7-12(11)16-2/h4-8,14H,3,9H2,1-2H3. The number of benzene rings is 1. The molecule has 0 bridgehead atoms. The minimum Gasteiger partial charge on any atom is -0.496 e. The van der Waals surface area contributed by atoms with Gasteiger partial charge in [-0.15, -0.1) is 0 Å². The molecule has 1 N–H and O–H groups in total. The summed E-state index contributed by atoms with van der Waals surface area (Å²) in [6.45, 7) is 3.69. The number of ether oxygens (including phenoxy) is 1. The zero-order chi connectivity index (χ0) is 12.1. The van der Waals surface area contributed by atoms with E-state index in [1.165, 1.54) is 0 Å². The van der Waals surface area contributed by atoms with Crippen LogP contribution in [0.1, 0.15) is 12.6 Å². The molecular formula is C13H16N2O2. The molecule has 0 radical (unpaired) electrons. The molecular weight excluding hydrogens is 216 g/mol. The van der Waals surface area contributed by atoms with Gasteiger partial charge in [-0.05, 0) is 18.7 Å². The van der Waals surface area contributed by atoms with E-state index < -0.39 is 0 Å². The first-order chi connectivity index (χ1) is 8.35. The largest absolute Gasteiger partial charge is 0.496 e. The van der Waals surface area contributed by atoms with Crippen LogP contribution in [0.15, 0.2) is 34.9 Å². The van der Waals surface area contributed by atoms with Gasteiger partial charge in [0, 0.05) is 12.6 Å². The first-order valence-corrected chi connectivity index (χ1v) is 5.65. The molecule has 0 aliphatic carbocycles. The van der Waals surface area contributed by atoms with E-state index in [2.05, 4.69) is 17.4 Å². The highest BCUT2D eigenvalue weighted by molar-refractivity contribution is 5.65. The second-order valence-electron chi connectivity index (χ2n) is 3.66. The summed E-state index contributed by atoms with van der Waals surface area (Å²) < 4.78 is 10.6. The Bertz CT molecular complexity index is 480. The van der Waals surface area contributed by atoms with E-state index >= 15 is 0 Å². The summed E-state index contributed by atoms with van der Waals surface area (Å²) in [6, 6.07) is 9.67. The molecule has 4 nitrogen and oxygen atoms in total. The van der Waals surface area contributed by atoms with Gasteiger partial charge in [-0.2, -0.15) is 0 Å². The van der Waals surface area contributed by atoms with Gasteiger partial charge in [0.1, 0.15) is 5.75 Å². The van der Waals surface area contributed by atoms with Crippen LogP contribution >= 0.6 is 0 Å². The molecule has 1 heterocycles. The first kappa shape index (κ1) is 11.7. The summed E-state index contributed by atoms with van der Waals surface area (Å²) in [5, 5.41) is 7.22. The lowest BCUT2D eigenvalue weighted by atomic mass is 10.1. The van der Waals surface area contributed by atoms with E-state index in [4.69, 9.17) is 9.26 Å². The first-order valence-electron chi connectivity index (χ1n) is 5.65. The molecule has 4 heteroatoms. The molecule has 0 atom stereocenters. The maximum atomic E-state index is 5.32. The number of rotatable bonds is 5. The van der Waals surface area contributed by atoms with Crippen molar-refractivity contribution < 1.29 is 9.26 Å². The van der Waals surface area contributed by atoms with Gasteiger partial charge in [-0.3, -0.25) is 0 Å². The van der Waals surface area contributed by atoms with E-state index in [1.807, 2.05) is 30.3 Å². The highest BCUT2D eigenvalue weighted by Crippen LogP contribution is 2.29. The number of aromatic nitrogens is 1. The zero-order valence-electron chi connectivity index (χ0n) is 10.1. The Morgan fingerprint density at radius 1 is 1.35 bits per heavy atom. The molecule has 0 spiro atoms. The summed E-state index contributed by atoms with van der Waals surface area (Å²) in [5.74, 6) is 1.52. The van der Waals surface area contributed by atoms with E-state index in [1.54, 1.807) is 7.11 Å². The Morgan fingerprint density at radius 3 is 2.94 bits per heavy atom. The van der Waals surface area contributed by atoms with Crippen molar-refractivity contribution in [3.8, 4) is 17.1 Å². The number of nitrogens with one attached hydrogen (secondary N) is 1. The number of methoxy groups -OCH3 is 1. The van der Waals surface area contributed by atoms with Gasteiger partial charge in [0.25, 0.3) is 0 Å². The summed E-state index contributed by atoms with van der Waals surface area (Å²) in [5.41, 5.74) is 1.82. The molecule has 2 rings (SSSR count). The topological polar surface area (TPSA) is 47.3 Å². The van der Waals surface area contributed by atoms with Crippen LogP contribution in [0, 0.1) is 0 Å². The zero-order valence-corrected chi connectivity index (χ0v) is 10.1. The molecule has 0 fully saturated rings. The van der Waals surface area contributed by atoms with Crippen LogP contribution in [0.3, 0.4) is 0 Å². The molecule has 0 amide bonds. The molecule has 0 aliphatic heterocycles. The SMILES string of the molecule is CCNCc1cc(-c2ccccc2OC)on1. The number of hydrogen-bond acceptors (Lipinski definition) is 4. The lowest BCUT2D eigenvalue weighted by molar-refractivity contribution is 0.402. The van der Waals surface area contributed by atoms with E-state index in [-0.39, 0.29) is 0 Å². The quantitative estimate of drug-likeness (QED) is 0.860. The number of hydrogen-bond donors (Lipinski definition) is 1. The molecule has 90 valence electrons. The minimum atomic E-state index is 0.717. The Morgan fingerprint density at radius 2 is 2.18 bits per heavy atom. The molecule has 0 unspecified atom stereocenters. The molecule has 0 saturated carbocycles. The van der Waals surface area contributed by atoms with Gasteiger partial charge in [0.15, 0.2) is 5.76 Å². The average Bonchev–Trinajstić information content (AvgIpc) is 2.85. The van der Waals surface area contributed by atoms with Crippen LogP contribution in [-0.4, -0.2) is 18.8 Å². The maximum Gasteiger partial charge on any atom is 0.170 e. The summed E-state index contributed by atoms with van der Waals surface area (Å²) in [6.07, 6.45) is 0. The maximum absolute atomic E-state index is 5.32. The van der Waals surface area contributed by atoms with Gasteiger partial charge in [0.2, 0.25) is 0 Å². The van der Waals surface area contributed by atoms with Crippen molar-refractivity contribution in [2.24, 2.45) is 0 Å². The van der Waals surface area contributed by atoms with Crippen molar-refractivity contribution in [2.45, 2.75) is 13.5 Å². The third-order valence-electron chi connectivity index (χ3n) is 2.49. The second kappa shape index (κ2) is 5.50. The Balaban J connectivity index is 2.24. The predicted molar refractivity (Wildman–Crippen MR) is 65.9 cm³/mol. The average molecular weight is 232 g/mol. The highest BCUT2D eigenvalue weighted by atomic mass is 16.5. The van der Waals surface area contributed by atoms with Crippen LogP contribution in [0.5, 0.6) is 5.75 Å². The summed E-state index contributed by atoms with van der Waals surface area (Å²) >= 11 is 0. The van der Waals surface area contributed by atoms with E-state index in [0.29, 0.717) is 0 Å². The van der Waals surface area contributed by atoms with Crippen molar-refractivity contribution in [1.29, 1.82) is 0 Å². The molecule has 0 saturated heterocycles. The number of nitrogens with zero attached hydrogens (tertiary/aromatic N) is 1. The van der Waals surface area contributed by atoms with Gasteiger partial charge >= 0.3 is 0 Å². The fourth-order valence-corrected chi connectivity index (χ4v) is 1.62. The van der Waals surface area contributed by atoms with Crippen LogP contribution in [0.4, 0.5) is 0 Å². The van der Waals surface area contributed by atoms with Crippen molar-refractivity contribution in [3.05, 3.63) is 36.0 Å². The third kappa shape index (κ3) is 2.65. The smallest absolute Gasteiger partial charge is 0.170 e. The Labute approximate surface area is 101 Å². The van der Waals surface area contributed by atoms with Gasteiger partial charge in [0.05, 0.1) is 18.4 Å². The van der Waals surface area contributed by atoms with E-state index in [9.17, 15) is 0 Å². The minimum absolute atomic E-state index is 0.717. The van der Waals surface area contributed by atoms with Crippen molar-refractivity contribution in [1.82, 2.24) is 10.5 Å². The Kier molecular flexibility index (Phi) is 3.77. The van der Waals surface area contributed by atoms with Crippen LogP contribution < -0.4 is 10.1 Å². The van der Waals surface area contributed by atoms with Crippen molar-refractivity contribution in [3.63, 3.8) is 0 Å². The molecule has 1 aromatic carbocycles. The summed E-state index contributed by atoms with van der Waals surface area (Å²) in [4.78, 5) is 0. The lowest BCUT2D eigenvalue weighted by Gasteiger charge is -2.03. The highest BCUT2D eigenvalue weighted by Gasteiger charge is 2.10. The fourth-order valence-electron chi connectivity index (χ4n) is 1.62. The third-order valence-corrected chi connectivity index (χ3v) is 2.49. The van der Waals surface area contributed by atoms with Crippen molar-refractivity contribution in [2.75, 3.05) is 13.7 Å². The molecule has 17 heavy (non-hydrogen) atoms. The monoisotopic (exact) mass is 232 g/mol. The van der Waals surface area contributed by atoms with Crippen molar-refractivity contribution >= 4 is 0 Å². The molecule has 0 aliphatic rings. The number of para-hydroxylation sites is 1. The van der Waals surface area contributed by atoms with Gasteiger partial charge in [-0.1, -0.05) is 24.2 Å². The van der Waals surface area contributed by atoms with Crippen LogP contribution in [0.2, 0.25) is 0 Å². The van der Waals surface area contributed by atoms with Crippen LogP contribution in [0.25, 0.3) is 11.3 Å². The fraction of sp³-hybridized carbons (Fsp3) is 0.308. The van der Waals surface area contributed by atoms with E-state index in [0.717, 1.165) is 35.9 Å². The normalized spacial score (nSPS) is 10.5. The molecule has 1 aromatic heterocycles. The predicted octanol–water partition coefficient (Wildman–Crippen LogP) is 2.46. The Hall–Kier alpha value is -1.81.